The van der Waals surface area contributed by atoms with Gasteiger partial charge in [0.15, 0.2) is 11.6 Å². The van der Waals surface area contributed by atoms with Crippen LogP contribution in [-0.4, -0.2) is 79.7 Å². The monoisotopic (exact) mass is 498 g/mol. The number of hydrogen-bond donors (Lipinski definition) is 1. The molecular formula is C27H31FN2O6. The fourth-order valence-corrected chi connectivity index (χ4v) is 4.63. The molecule has 2 fully saturated rings. The Morgan fingerprint density at radius 2 is 1.83 bits per heavy atom. The van der Waals surface area contributed by atoms with Gasteiger partial charge in [-0.15, -0.1) is 0 Å². The van der Waals surface area contributed by atoms with E-state index in [1.807, 2.05) is 6.92 Å². The van der Waals surface area contributed by atoms with Gasteiger partial charge in [0.2, 0.25) is 0 Å². The molecule has 0 radical (unpaired) electrons. The minimum absolute atomic E-state index is 0.0122. The van der Waals surface area contributed by atoms with Crippen LogP contribution in [0.3, 0.4) is 0 Å². The molecule has 0 aromatic heterocycles. The SMILES string of the molecule is CCOc1ccc(C2/C(=C(/O)c3ccc(OC)c(F)c3)C(=O)C(=O)N2CCCN2CCOCC2)cc1. The largest absolute Gasteiger partial charge is 0.507 e. The van der Waals surface area contributed by atoms with Crippen LogP contribution in [0.5, 0.6) is 11.5 Å². The maximum Gasteiger partial charge on any atom is 0.295 e. The summed E-state index contributed by atoms with van der Waals surface area (Å²) in [7, 11) is 1.34. The molecular weight excluding hydrogens is 467 g/mol. The molecule has 2 aliphatic heterocycles. The van der Waals surface area contributed by atoms with Crippen molar-refractivity contribution < 1.29 is 33.3 Å². The van der Waals surface area contributed by atoms with Gasteiger partial charge in [-0.3, -0.25) is 14.5 Å². The van der Waals surface area contributed by atoms with Crippen LogP contribution in [-0.2, 0) is 14.3 Å². The summed E-state index contributed by atoms with van der Waals surface area (Å²) in [4.78, 5) is 30.1. The van der Waals surface area contributed by atoms with Crippen LogP contribution >= 0.6 is 0 Å². The number of ether oxygens (including phenoxy) is 3. The lowest BCUT2D eigenvalue weighted by Gasteiger charge is -2.29. The van der Waals surface area contributed by atoms with Gasteiger partial charge in [0.1, 0.15) is 11.5 Å². The second-order valence-corrected chi connectivity index (χ2v) is 8.65. The molecule has 0 spiro atoms. The molecule has 1 N–H and O–H groups in total. The topological polar surface area (TPSA) is 88.5 Å². The van der Waals surface area contributed by atoms with Crippen LogP contribution in [0.4, 0.5) is 4.39 Å². The lowest BCUT2D eigenvalue weighted by molar-refractivity contribution is -0.140. The molecule has 2 aromatic rings. The van der Waals surface area contributed by atoms with Crippen molar-refractivity contribution in [3.05, 3.63) is 65.0 Å². The highest BCUT2D eigenvalue weighted by atomic mass is 19.1. The van der Waals surface area contributed by atoms with Gasteiger partial charge in [-0.1, -0.05) is 12.1 Å². The van der Waals surface area contributed by atoms with E-state index in [2.05, 4.69) is 4.90 Å². The molecule has 0 saturated carbocycles. The summed E-state index contributed by atoms with van der Waals surface area (Å²) in [5, 5.41) is 11.1. The number of Topliss-reactive ketones (excluding diaryl/α,β-unsaturated/α-hetero) is 1. The van der Waals surface area contributed by atoms with Crippen molar-refractivity contribution in [2.24, 2.45) is 0 Å². The third-order valence-electron chi connectivity index (χ3n) is 6.45. The van der Waals surface area contributed by atoms with Gasteiger partial charge in [0, 0.05) is 31.7 Å². The number of methoxy groups -OCH3 is 1. The number of halogens is 1. The van der Waals surface area contributed by atoms with Gasteiger partial charge >= 0.3 is 0 Å². The number of benzene rings is 2. The van der Waals surface area contributed by atoms with Crippen molar-refractivity contribution in [1.82, 2.24) is 9.80 Å². The summed E-state index contributed by atoms with van der Waals surface area (Å²) in [6.07, 6.45) is 0.651. The van der Waals surface area contributed by atoms with Crippen LogP contribution in [0.15, 0.2) is 48.0 Å². The maximum absolute atomic E-state index is 14.4. The molecule has 8 nitrogen and oxygen atoms in total. The summed E-state index contributed by atoms with van der Waals surface area (Å²) in [6.45, 7) is 6.46. The van der Waals surface area contributed by atoms with E-state index < -0.39 is 29.3 Å². The second kappa shape index (κ2) is 11.5. The zero-order chi connectivity index (χ0) is 25.7. The molecule has 2 aliphatic rings. The second-order valence-electron chi connectivity index (χ2n) is 8.65. The molecule has 192 valence electrons. The molecule has 0 aliphatic carbocycles. The Morgan fingerprint density at radius 1 is 1.11 bits per heavy atom. The van der Waals surface area contributed by atoms with Crippen LogP contribution in [0.25, 0.3) is 5.76 Å². The quantitative estimate of drug-likeness (QED) is 0.322. The van der Waals surface area contributed by atoms with Crippen molar-refractivity contribution in [3.8, 4) is 11.5 Å². The van der Waals surface area contributed by atoms with E-state index >= 15 is 0 Å². The average molecular weight is 499 g/mol. The molecule has 2 aromatic carbocycles. The molecule has 9 heteroatoms. The normalized spacial score (nSPS) is 20.1. The van der Waals surface area contributed by atoms with E-state index in [4.69, 9.17) is 14.2 Å². The van der Waals surface area contributed by atoms with Gasteiger partial charge in [0.05, 0.1) is 38.5 Å². The van der Waals surface area contributed by atoms with Crippen molar-refractivity contribution >= 4 is 17.4 Å². The van der Waals surface area contributed by atoms with Crippen LogP contribution in [0.2, 0.25) is 0 Å². The Bertz CT molecular complexity index is 1130. The smallest absolute Gasteiger partial charge is 0.295 e. The zero-order valence-electron chi connectivity index (χ0n) is 20.5. The lowest BCUT2D eigenvalue weighted by Crippen LogP contribution is -2.38. The number of amides is 1. The molecule has 0 bridgehead atoms. The van der Waals surface area contributed by atoms with Crippen molar-refractivity contribution in [2.75, 3.05) is 53.1 Å². The number of carbonyl (C=O) groups excluding carboxylic acids is 2. The highest BCUT2D eigenvalue weighted by Gasteiger charge is 2.45. The van der Waals surface area contributed by atoms with Crippen molar-refractivity contribution in [3.63, 3.8) is 0 Å². The van der Waals surface area contributed by atoms with E-state index in [1.165, 1.54) is 24.1 Å². The van der Waals surface area contributed by atoms with E-state index in [0.717, 1.165) is 25.7 Å². The third-order valence-corrected chi connectivity index (χ3v) is 6.45. The molecule has 1 unspecified atom stereocenters. The van der Waals surface area contributed by atoms with Gasteiger partial charge in [-0.25, -0.2) is 4.39 Å². The highest BCUT2D eigenvalue weighted by molar-refractivity contribution is 6.46. The minimum Gasteiger partial charge on any atom is -0.507 e. The molecule has 2 saturated heterocycles. The average Bonchev–Trinajstić information content (AvgIpc) is 3.14. The van der Waals surface area contributed by atoms with Gasteiger partial charge in [-0.05, 0) is 49.2 Å². The fourth-order valence-electron chi connectivity index (χ4n) is 4.63. The van der Waals surface area contributed by atoms with E-state index in [0.29, 0.717) is 44.1 Å². The number of ketones is 1. The Balaban J connectivity index is 1.68. The highest BCUT2D eigenvalue weighted by Crippen LogP contribution is 2.40. The van der Waals surface area contributed by atoms with E-state index in [1.54, 1.807) is 24.3 Å². The first kappa shape index (κ1) is 25.7. The predicted molar refractivity (Wildman–Crippen MR) is 131 cm³/mol. The number of aliphatic hydroxyl groups excluding tert-OH is 1. The number of morpholine rings is 1. The third kappa shape index (κ3) is 5.37. The lowest BCUT2D eigenvalue weighted by atomic mass is 9.95. The Morgan fingerprint density at radius 3 is 2.47 bits per heavy atom. The van der Waals surface area contributed by atoms with E-state index in [9.17, 15) is 19.1 Å². The van der Waals surface area contributed by atoms with Gasteiger partial charge in [0.25, 0.3) is 11.7 Å². The Kier molecular flexibility index (Phi) is 8.22. The standard InChI is InChI=1S/C27H31FN2O6/c1-3-36-20-8-5-18(6-9-20)24-23(25(31)19-7-10-22(34-2)21(28)17-19)26(32)27(33)30(24)12-4-11-29-13-15-35-16-14-29/h5-10,17,24,31H,3-4,11-16H2,1-2H3/b25-23-. The van der Waals surface area contributed by atoms with Gasteiger partial charge in [-0.2, -0.15) is 0 Å². The Hall–Kier alpha value is -3.43. The molecule has 1 atom stereocenters. The number of carbonyl (C=O) groups is 2. The minimum atomic E-state index is -0.810. The summed E-state index contributed by atoms with van der Waals surface area (Å²) in [5.74, 6) is -1.93. The van der Waals surface area contributed by atoms with Crippen LogP contribution < -0.4 is 9.47 Å². The number of aliphatic hydroxyl groups is 1. The predicted octanol–water partition coefficient (Wildman–Crippen LogP) is 3.38. The number of rotatable bonds is 9. The number of likely N-dealkylation sites (tertiary alicyclic amines) is 1. The first-order chi connectivity index (χ1) is 17.4. The molecule has 4 rings (SSSR count). The van der Waals surface area contributed by atoms with E-state index in [-0.39, 0.29) is 16.9 Å². The first-order valence-electron chi connectivity index (χ1n) is 12.1. The van der Waals surface area contributed by atoms with Crippen LogP contribution in [0, 0.1) is 5.82 Å². The zero-order valence-corrected chi connectivity index (χ0v) is 20.5. The number of hydrogen-bond acceptors (Lipinski definition) is 7. The summed E-state index contributed by atoms with van der Waals surface area (Å²) >= 11 is 0. The summed E-state index contributed by atoms with van der Waals surface area (Å²) in [6, 6.07) is 10.2. The van der Waals surface area contributed by atoms with Gasteiger partial charge < -0.3 is 24.2 Å². The summed E-state index contributed by atoms with van der Waals surface area (Å²) in [5.41, 5.74) is 0.676. The molecule has 2 heterocycles. The molecule has 36 heavy (non-hydrogen) atoms. The fraction of sp³-hybridized carbons (Fsp3) is 0.407. The molecule has 1 amide bonds. The number of nitrogens with zero attached hydrogens (tertiary/aromatic N) is 2. The summed E-state index contributed by atoms with van der Waals surface area (Å²) < 4.78 is 30.2. The van der Waals surface area contributed by atoms with Crippen molar-refractivity contribution in [1.29, 1.82) is 0 Å². The first-order valence-corrected chi connectivity index (χ1v) is 12.1. The Labute approximate surface area is 209 Å². The van der Waals surface area contributed by atoms with Crippen molar-refractivity contribution in [2.45, 2.75) is 19.4 Å². The van der Waals surface area contributed by atoms with Crippen LogP contribution in [0.1, 0.15) is 30.5 Å². The maximum atomic E-state index is 14.4.